The summed E-state index contributed by atoms with van der Waals surface area (Å²) in [4.78, 5) is 13.0. The zero-order valence-corrected chi connectivity index (χ0v) is 17.6. The second-order valence-electron chi connectivity index (χ2n) is 7.41. The SMILES string of the molecule is COc1ccc(NC(=O)c2cnn3c2NC(c2ccc(F)cc2)CC3C(F)(F)F)c(OC)c1. The fraction of sp³-hybridized carbons (Fsp3) is 0.273. The number of nitrogens with one attached hydrogen (secondary N) is 2. The molecule has 174 valence electrons. The molecule has 11 heteroatoms. The molecule has 2 aromatic carbocycles. The van der Waals surface area contributed by atoms with Gasteiger partial charge in [0.05, 0.1) is 32.1 Å². The van der Waals surface area contributed by atoms with Crippen LogP contribution in [0.1, 0.15) is 34.4 Å². The van der Waals surface area contributed by atoms with E-state index in [1.165, 1.54) is 38.5 Å². The molecule has 2 heterocycles. The number of alkyl halides is 3. The van der Waals surface area contributed by atoms with Crippen molar-refractivity contribution in [1.29, 1.82) is 0 Å². The van der Waals surface area contributed by atoms with Gasteiger partial charge in [0.15, 0.2) is 6.04 Å². The van der Waals surface area contributed by atoms with Gasteiger partial charge in [-0.25, -0.2) is 9.07 Å². The maximum atomic E-state index is 13.8. The summed E-state index contributed by atoms with van der Waals surface area (Å²) >= 11 is 0. The summed E-state index contributed by atoms with van der Waals surface area (Å²) in [7, 11) is 2.89. The number of halogens is 4. The van der Waals surface area contributed by atoms with Gasteiger partial charge in [0.1, 0.15) is 28.7 Å². The van der Waals surface area contributed by atoms with E-state index >= 15 is 0 Å². The van der Waals surface area contributed by atoms with Crippen molar-refractivity contribution in [3.63, 3.8) is 0 Å². The topological polar surface area (TPSA) is 77.4 Å². The van der Waals surface area contributed by atoms with E-state index in [2.05, 4.69) is 15.7 Å². The quantitative estimate of drug-likeness (QED) is 0.523. The molecule has 2 unspecified atom stereocenters. The number of anilines is 2. The maximum Gasteiger partial charge on any atom is 0.410 e. The Hall–Kier alpha value is -3.76. The van der Waals surface area contributed by atoms with Gasteiger partial charge in [-0.15, -0.1) is 0 Å². The van der Waals surface area contributed by atoms with Crippen molar-refractivity contribution in [2.24, 2.45) is 0 Å². The zero-order valence-electron chi connectivity index (χ0n) is 17.6. The lowest BCUT2D eigenvalue weighted by Gasteiger charge is -2.34. The van der Waals surface area contributed by atoms with Crippen LogP contribution in [0.15, 0.2) is 48.7 Å². The Bertz CT molecular complexity index is 1160. The highest BCUT2D eigenvalue weighted by Crippen LogP contribution is 2.44. The van der Waals surface area contributed by atoms with Crippen LogP contribution in [0, 0.1) is 5.82 Å². The van der Waals surface area contributed by atoms with E-state index in [0.29, 0.717) is 22.7 Å². The van der Waals surface area contributed by atoms with Crippen molar-refractivity contribution < 1.29 is 31.8 Å². The van der Waals surface area contributed by atoms with Gasteiger partial charge >= 0.3 is 6.18 Å². The number of benzene rings is 2. The highest BCUT2D eigenvalue weighted by molar-refractivity contribution is 6.08. The maximum absolute atomic E-state index is 13.8. The second kappa shape index (κ2) is 8.64. The predicted octanol–water partition coefficient (Wildman–Crippen LogP) is 4.95. The van der Waals surface area contributed by atoms with Crippen molar-refractivity contribution >= 4 is 17.4 Å². The number of carbonyl (C=O) groups excluding carboxylic acids is 1. The fourth-order valence-electron chi connectivity index (χ4n) is 3.73. The molecular formula is C22H20F4N4O3. The van der Waals surface area contributed by atoms with E-state index in [-0.39, 0.29) is 17.8 Å². The molecule has 4 rings (SSSR count). The van der Waals surface area contributed by atoms with Crippen LogP contribution in [0.3, 0.4) is 0 Å². The molecule has 0 fully saturated rings. The summed E-state index contributed by atoms with van der Waals surface area (Å²) < 4.78 is 65.9. The van der Waals surface area contributed by atoms with Crippen LogP contribution >= 0.6 is 0 Å². The van der Waals surface area contributed by atoms with Gasteiger partial charge in [-0.3, -0.25) is 4.79 Å². The number of rotatable bonds is 5. The molecule has 0 saturated heterocycles. The summed E-state index contributed by atoms with van der Waals surface area (Å²) in [5.41, 5.74) is 0.691. The predicted molar refractivity (Wildman–Crippen MR) is 112 cm³/mol. The zero-order chi connectivity index (χ0) is 23.8. The summed E-state index contributed by atoms with van der Waals surface area (Å²) in [5, 5.41) is 9.44. The Morgan fingerprint density at radius 3 is 2.52 bits per heavy atom. The van der Waals surface area contributed by atoms with Gasteiger partial charge in [-0.2, -0.15) is 18.3 Å². The third kappa shape index (κ3) is 4.43. The molecule has 0 aliphatic carbocycles. The lowest BCUT2D eigenvalue weighted by Crippen LogP contribution is -2.36. The summed E-state index contributed by atoms with van der Waals surface area (Å²) in [5.74, 6) is -0.435. The second-order valence-corrected chi connectivity index (χ2v) is 7.41. The molecule has 1 amide bonds. The van der Waals surface area contributed by atoms with Crippen molar-refractivity contribution in [3.05, 3.63) is 65.6 Å². The molecule has 0 saturated carbocycles. The van der Waals surface area contributed by atoms with E-state index in [1.54, 1.807) is 18.2 Å². The average Bonchev–Trinajstić information content (AvgIpc) is 3.22. The first-order valence-electron chi connectivity index (χ1n) is 9.91. The molecule has 0 radical (unpaired) electrons. The first-order chi connectivity index (χ1) is 15.7. The van der Waals surface area contributed by atoms with Gasteiger partial charge < -0.3 is 20.1 Å². The van der Waals surface area contributed by atoms with Gasteiger partial charge in [0.25, 0.3) is 5.91 Å². The van der Waals surface area contributed by atoms with E-state index in [4.69, 9.17) is 9.47 Å². The van der Waals surface area contributed by atoms with Crippen molar-refractivity contribution in [2.75, 3.05) is 24.9 Å². The van der Waals surface area contributed by atoms with E-state index < -0.39 is 30.0 Å². The Balaban J connectivity index is 1.68. The van der Waals surface area contributed by atoms with Crippen LogP contribution in [0.4, 0.5) is 29.1 Å². The first-order valence-corrected chi connectivity index (χ1v) is 9.91. The van der Waals surface area contributed by atoms with Crippen LogP contribution in [-0.2, 0) is 0 Å². The molecule has 1 aliphatic rings. The van der Waals surface area contributed by atoms with Gasteiger partial charge in [0.2, 0.25) is 0 Å². The molecule has 2 N–H and O–H groups in total. The highest BCUT2D eigenvalue weighted by atomic mass is 19.4. The number of methoxy groups -OCH3 is 2. The average molecular weight is 464 g/mol. The van der Waals surface area contributed by atoms with Crippen LogP contribution in [0.5, 0.6) is 11.5 Å². The third-order valence-electron chi connectivity index (χ3n) is 5.41. The summed E-state index contributed by atoms with van der Waals surface area (Å²) in [6, 6.07) is 7.13. The Labute approximate surface area is 186 Å². The number of fused-ring (bicyclic) bond motifs is 1. The fourth-order valence-corrected chi connectivity index (χ4v) is 3.73. The number of amides is 1. The number of hydrogen-bond donors (Lipinski definition) is 2. The molecule has 0 spiro atoms. The lowest BCUT2D eigenvalue weighted by atomic mass is 9.96. The van der Waals surface area contributed by atoms with Gasteiger partial charge in [-0.05, 0) is 29.8 Å². The minimum atomic E-state index is -4.60. The molecule has 7 nitrogen and oxygen atoms in total. The van der Waals surface area contributed by atoms with Gasteiger partial charge in [-0.1, -0.05) is 12.1 Å². The van der Waals surface area contributed by atoms with Crippen LogP contribution in [0.2, 0.25) is 0 Å². The molecule has 3 aromatic rings. The first kappa shape index (κ1) is 22.4. The normalized spacial score (nSPS) is 17.6. The minimum absolute atomic E-state index is 0.0751. The van der Waals surface area contributed by atoms with Crippen molar-refractivity contribution in [2.45, 2.75) is 24.7 Å². The number of carbonyl (C=O) groups is 1. The van der Waals surface area contributed by atoms with Crippen LogP contribution in [-0.4, -0.2) is 36.1 Å². The molecule has 1 aliphatic heterocycles. The largest absolute Gasteiger partial charge is 0.497 e. The van der Waals surface area contributed by atoms with E-state index in [1.807, 2.05) is 0 Å². The standard InChI is InChI=1S/C22H20F4N4O3/c1-32-14-7-8-16(18(9-14)33-2)29-21(31)15-11-27-30-19(22(24,25)26)10-17(28-20(15)30)12-3-5-13(23)6-4-12/h3-9,11,17,19,28H,10H2,1-2H3,(H,29,31). The van der Waals surface area contributed by atoms with Crippen LogP contribution in [0.25, 0.3) is 0 Å². The van der Waals surface area contributed by atoms with Gasteiger partial charge in [0, 0.05) is 12.5 Å². The number of hydrogen-bond acceptors (Lipinski definition) is 5. The monoisotopic (exact) mass is 464 g/mol. The highest BCUT2D eigenvalue weighted by Gasteiger charge is 2.47. The van der Waals surface area contributed by atoms with Crippen LogP contribution < -0.4 is 20.1 Å². The number of nitrogens with zero attached hydrogens (tertiary/aromatic N) is 2. The van der Waals surface area contributed by atoms with E-state index in [9.17, 15) is 22.4 Å². The smallest absolute Gasteiger partial charge is 0.410 e. The Kier molecular flexibility index (Phi) is 5.88. The molecule has 2 atom stereocenters. The Morgan fingerprint density at radius 2 is 1.88 bits per heavy atom. The number of aromatic nitrogens is 2. The lowest BCUT2D eigenvalue weighted by molar-refractivity contribution is -0.173. The Morgan fingerprint density at radius 1 is 1.15 bits per heavy atom. The number of ether oxygens (including phenoxy) is 2. The minimum Gasteiger partial charge on any atom is -0.497 e. The third-order valence-corrected chi connectivity index (χ3v) is 5.41. The summed E-state index contributed by atoms with van der Waals surface area (Å²) in [6.45, 7) is 0. The molecule has 0 bridgehead atoms. The summed E-state index contributed by atoms with van der Waals surface area (Å²) in [6.07, 6.45) is -3.88. The molecular weight excluding hydrogens is 444 g/mol. The van der Waals surface area contributed by atoms with Crippen molar-refractivity contribution in [3.8, 4) is 11.5 Å². The van der Waals surface area contributed by atoms with Crippen molar-refractivity contribution in [1.82, 2.24) is 9.78 Å². The molecule has 1 aromatic heterocycles. The molecule has 33 heavy (non-hydrogen) atoms. The van der Waals surface area contributed by atoms with E-state index in [0.717, 1.165) is 10.9 Å².